The SMILES string of the molecule is O=c1ccccn1N1CCNC(O)C1. The zero-order valence-corrected chi connectivity index (χ0v) is 7.76. The van der Waals surface area contributed by atoms with Crippen LogP contribution in [0, 0.1) is 0 Å². The first-order valence-electron chi connectivity index (χ1n) is 4.62. The summed E-state index contributed by atoms with van der Waals surface area (Å²) in [6, 6.07) is 5.02. The third kappa shape index (κ3) is 1.78. The molecular formula is C9H13N3O2. The maximum atomic E-state index is 11.4. The van der Waals surface area contributed by atoms with Crippen LogP contribution in [0.3, 0.4) is 0 Å². The third-order valence-electron chi connectivity index (χ3n) is 2.24. The number of nitrogens with zero attached hydrogens (tertiary/aromatic N) is 2. The van der Waals surface area contributed by atoms with Crippen LogP contribution in [0.2, 0.25) is 0 Å². The quantitative estimate of drug-likeness (QED) is 0.585. The van der Waals surface area contributed by atoms with Gasteiger partial charge in [0.15, 0.2) is 0 Å². The van der Waals surface area contributed by atoms with Gasteiger partial charge in [-0.15, -0.1) is 0 Å². The molecule has 1 fully saturated rings. The van der Waals surface area contributed by atoms with Gasteiger partial charge in [0.25, 0.3) is 5.56 Å². The Labute approximate surface area is 81.6 Å². The fourth-order valence-electron chi connectivity index (χ4n) is 1.56. The summed E-state index contributed by atoms with van der Waals surface area (Å²) in [5.74, 6) is 0. The molecular weight excluding hydrogens is 182 g/mol. The maximum absolute atomic E-state index is 11.4. The molecule has 1 aliphatic rings. The highest BCUT2D eigenvalue weighted by molar-refractivity contribution is 5.00. The molecule has 2 heterocycles. The van der Waals surface area contributed by atoms with E-state index in [1.165, 1.54) is 10.7 Å². The van der Waals surface area contributed by atoms with E-state index in [9.17, 15) is 9.90 Å². The highest BCUT2D eigenvalue weighted by atomic mass is 16.3. The van der Waals surface area contributed by atoms with Crippen LogP contribution in [0.25, 0.3) is 0 Å². The molecule has 1 aromatic heterocycles. The number of rotatable bonds is 1. The molecule has 0 radical (unpaired) electrons. The minimum atomic E-state index is -0.559. The van der Waals surface area contributed by atoms with Crippen molar-refractivity contribution in [2.75, 3.05) is 24.6 Å². The minimum absolute atomic E-state index is 0.0680. The van der Waals surface area contributed by atoms with Gasteiger partial charge < -0.3 is 10.1 Å². The zero-order chi connectivity index (χ0) is 9.97. The Kier molecular flexibility index (Phi) is 2.51. The average molecular weight is 195 g/mol. The van der Waals surface area contributed by atoms with Gasteiger partial charge in [-0.1, -0.05) is 6.07 Å². The molecule has 1 saturated heterocycles. The topological polar surface area (TPSA) is 57.5 Å². The van der Waals surface area contributed by atoms with E-state index in [-0.39, 0.29) is 5.56 Å². The van der Waals surface area contributed by atoms with Gasteiger partial charge in [0.2, 0.25) is 0 Å². The number of piperazine rings is 1. The molecule has 2 N–H and O–H groups in total. The van der Waals surface area contributed by atoms with Crippen molar-refractivity contribution in [3.63, 3.8) is 0 Å². The summed E-state index contributed by atoms with van der Waals surface area (Å²) in [4.78, 5) is 11.4. The summed E-state index contributed by atoms with van der Waals surface area (Å²) < 4.78 is 1.53. The highest BCUT2D eigenvalue weighted by Gasteiger charge is 2.17. The Morgan fingerprint density at radius 1 is 1.50 bits per heavy atom. The monoisotopic (exact) mass is 195 g/mol. The lowest BCUT2D eigenvalue weighted by Crippen LogP contribution is -2.57. The Bertz CT molecular complexity index is 363. The molecule has 2 rings (SSSR count). The predicted molar refractivity (Wildman–Crippen MR) is 52.7 cm³/mol. The molecule has 0 aromatic carbocycles. The number of hydrogen-bond donors (Lipinski definition) is 2. The molecule has 0 aliphatic carbocycles. The minimum Gasteiger partial charge on any atom is -0.377 e. The lowest BCUT2D eigenvalue weighted by atomic mass is 10.4. The fraction of sp³-hybridized carbons (Fsp3) is 0.444. The molecule has 14 heavy (non-hydrogen) atoms. The molecule has 5 heteroatoms. The molecule has 1 aromatic rings. The zero-order valence-electron chi connectivity index (χ0n) is 7.76. The van der Waals surface area contributed by atoms with Crippen molar-refractivity contribution < 1.29 is 5.11 Å². The summed E-state index contributed by atoms with van der Waals surface area (Å²) in [6.07, 6.45) is 1.15. The molecule has 1 unspecified atom stereocenters. The molecule has 0 saturated carbocycles. The van der Waals surface area contributed by atoms with Crippen molar-refractivity contribution in [3.8, 4) is 0 Å². The van der Waals surface area contributed by atoms with E-state index in [0.717, 1.165) is 6.54 Å². The number of β-amino-alcohol motifs (C(OH)–C–C–N with tert-alkyl or cyclic N) is 1. The number of aromatic nitrogens is 1. The van der Waals surface area contributed by atoms with Crippen LogP contribution < -0.4 is 15.9 Å². The lowest BCUT2D eigenvalue weighted by molar-refractivity contribution is 0.121. The van der Waals surface area contributed by atoms with Crippen LogP contribution in [0.15, 0.2) is 29.2 Å². The van der Waals surface area contributed by atoms with Crippen molar-refractivity contribution >= 4 is 0 Å². The summed E-state index contributed by atoms with van der Waals surface area (Å²) in [7, 11) is 0. The van der Waals surface area contributed by atoms with Crippen LogP contribution in [0.5, 0.6) is 0 Å². The third-order valence-corrected chi connectivity index (χ3v) is 2.24. The molecule has 0 bridgehead atoms. The van der Waals surface area contributed by atoms with E-state index in [1.54, 1.807) is 18.3 Å². The molecule has 0 spiro atoms. The van der Waals surface area contributed by atoms with Crippen LogP contribution >= 0.6 is 0 Å². The Balaban J connectivity index is 2.22. The normalized spacial score (nSPS) is 22.4. The van der Waals surface area contributed by atoms with Gasteiger partial charge in [-0.05, 0) is 6.07 Å². The largest absolute Gasteiger partial charge is 0.377 e. The smallest absolute Gasteiger partial charge is 0.268 e. The van der Waals surface area contributed by atoms with E-state index >= 15 is 0 Å². The molecule has 1 atom stereocenters. The number of aliphatic hydroxyl groups is 1. The fourth-order valence-corrected chi connectivity index (χ4v) is 1.56. The second kappa shape index (κ2) is 3.81. The predicted octanol–water partition coefficient (Wildman–Crippen LogP) is -1.29. The van der Waals surface area contributed by atoms with Gasteiger partial charge in [-0.25, -0.2) is 4.68 Å². The van der Waals surface area contributed by atoms with Crippen molar-refractivity contribution in [2.45, 2.75) is 6.23 Å². The summed E-state index contributed by atoms with van der Waals surface area (Å²) in [6.45, 7) is 1.84. The van der Waals surface area contributed by atoms with Crippen LogP contribution in [0.1, 0.15) is 0 Å². The van der Waals surface area contributed by atoms with Crippen LogP contribution in [-0.2, 0) is 0 Å². The van der Waals surface area contributed by atoms with Gasteiger partial charge in [-0.3, -0.25) is 10.1 Å². The van der Waals surface area contributed by atoms with Crippen molar-refractivity contribution in [3.05, 3.63) is 34.7 Å². The van der Waals surface area contributed by atoms with Crippen molar-refractivity contribution in [1.29, 1.82) is 0 Å². The Morgan fingerprint density at radius 3 is 3.07 bits per heavy atom. The summed E-state index contributed by atoms with van der Waals surface area (Å²) >= 11 is 0. The van der Waals surface area contributed by atoms with E-state index in [4.69, 9.17) is 0 Å². The number of nitrogens with one attached hydrogen (secondary N) is 1. The second-order valence-electron chi connectivity index (χ2n) is 3.27. The summed E-state index contributed by atoms with van der Waals surface area (Å²) in [5.41, 5.74) is -0.0680. The van der Waals surface area contributed by atoms with Crippen LogP contribution in [0.4, 0.5) is 0 Å². The van der Waals surface area contributed by atoms with Gasteiger partial charge >= 0.3 is 0 Å². The first-order valence-corrected chi connectivity index (χ1v) is 4.62. The Hall–Kier alpha value is -1.33. The standard InChI is InChI=1S/C9H13N3O2/c13-8-7-11(6-4-10-8)12-5-2-1-3-9(12)14/h1-3,5,8,10,13H,4,6-7H2. The van der Waals surface area contributed by atoms with E-state index in [2.05, 4.69) is 5.32 Å². The van der Waals surface area contributed by atoms with E-state index < -0.39 is 6.23 Å². The Morgan fingerprint density at radius 2 is 2.36 bits per heavy atom. The van der Waals surface area contributed by atoms with Gasteiger partial charge in [-0.2, -0.15) is 0 Å². The van der Waals surface area contributed by atoms with Gasteiger partial charge in [0.05, 0.1) is 6.54 Å². The van der Waals surface area contributed by atoms with E-state index in [0.29, 0.717) is 13.1 Å². The first kappa shape index (κ1) is 9.23. The summed E-state index contributed by atoms with van der Waals surface area (Å²) in [5, 5.41) is 14.1. The van der Waals surface area contributed by atoms with Gasteiger partial charge in [0.1, 0.15) is 6.23 Å². The van der Waals surface area contributed by atoms with Crippen LogP contribution in [-0.4, -0.2) is 35.6 Å². The molecule has 5 nitrogen and oxygen atoms in total. The molecule has 1 aliphatic heterocycles. The molecule has 0 amide bonds. The number of aliphatic hydroxyl groups excluding tert-OH is 1. The average Bonchev–Trinajstić information content (AvgIpc) is 2.18. The maximum Gasteiger partial charge on any atom is 0.268 e. The first-order chi connectivity index (χ1) is 6.77. The lowest BCUT2D eigenvalue weighted by Gasteiger charge is -2.33. The molecule has 76 valence electrons. The number of hydrogen-bond acceptors (Lipinski definition) is 4. The van der Waals surface area contributed by atoms with Crippen molar-refractivity contribution in [1.82, 2.24) is 9.99 Å². The second-order valence-corrected chi connectivity index (χ2v) is 3.27. The van der Waals surface area contributed by atoms with Crippen molar-refractivity contribution in [2.24, 2.45) is 0 Å². The van der Waals surface area contributed by atoms with Gasteiger partial charge in [0, 0.05) is 25.4 Å². The highest BCUT2D eigenvalue weighted by Crippen LogP contribution is 1.94. The van der Waals surface area contributed by atoms with E-state index in [1.807, 2.05) is 5.01 Å². The number of pyridine rings is 1.